The molecule has 0 amide bonds. The van der Waals surface area contributed by atoms with Crippen molar-refractivity contribution in [2.75, 3.05) is 5.73 Å². The lowest BCUT2D eigenvalue weighted by Crippen LogP contribution is -2.04. The Hall–Kier alpha value is -0.500. The summed E-state index contributed by atoms with van der Waals surface area (Å²) in [5.41, 5.74) is 5.12. The van der Waals surface area contributed by atoms with Crippen LogP contribution in [0.1, 0.15) is 17.6 Å². The zero-order chi connectivity index (χ0) is 10.0. The number of nitrogen functional groups attached to an aromatic ring is 1. The first-order valence-electron chi connectivity index (χ1n) is 3.40. The molecule has 0 atom stereocenters. The van der Waals surface area contributed by atoms with E-state index in [0.29, 0.717) is 3.70 Å². The fourth-order valence-electron chi connectivity index (χ4n) is 0.945. The largest absolute Gasteiger partial charge is 0.392 e. The molecule has 0 spiro atoms. The molecule has 1 aromatic heterocycles. The molecule has 0 aliphatic heterocycles. The molecule has 0 saturated carbocycles. The van der Waals surface area contributed by atoms with Gasteiger partial charge in [0.25, 0.3) is 6.43 Å². The molecule has 0 unspecified atom stereocenters. The molecule has 1 rings (SSSR count). The number of rotatable bonds is 2. The lowest BCUT2D eigenvalue weighted by Gasteiger charge is -2.08. The van der Waals surface area contributed by atoms with Crippen LogP contribution in [0.5, 0.6) is 0 Å². The number of hydrogen-bond donors (Lipinski definition) is 2. The maximum atomic E-state index is 12.4. The predicted octanol–water partition coefficient (Wildman–Crippen LogP) is 1.70. The minimum absolute atomic E-state index is 0.00964. The van der Waals surface area contributed by atoms with Gasteiger partial charge in [-0.2, -0.15) is 0 Å². The van der Waals surface area contributed by atoms with E-state index in [2.05, 4.69) is 4.98 Å². The summed E-state index contributed by atoms with van der Waals surface area (Å²) in [6.07, 6.45) is -2.64. The van der Waals surface area contributed by atoms with E-state index < -0.39 is 13.0 Å². The highest BCUT2D eigenvalue weighted by molar-refractivity contribution is 14.1. The highest BCUT2D eigenvalue weighted by Gasteiger charge is 2.16. The maximum absolute atomic E-state index is 12.4. The molecule has 0 aliphatic rings. The quantitative estimate of drug-likeness (QED) is 0.645. The van der Waals surface area contributed by atoms with Gasteiger partial charge in [-0.05, 0) is 28.7 Å². The summed E-state index contributed by atoms with van der Waals surface area (Å²) < 4.78 is 25.1. The molecule has 6 heteroatoms. The van der Waals surface area contributed by atoms with E-state index in [1.807, 2.05) is 0 Å². The first-order valence-corrected chi connectivity index (χ1v) is 4.48. The van der Waals surface area contributed by atoms with Crippen molar-refractivity contribution in [2.24, 2.45) is 0 Å². The van der Waals surface area contributed by atoms with E-state index in [4.69, 9.17) is 10.8 Å². The second-order valence-electron chi connectivity index (χ2n) is 2.36. The van der Waals surface area contributed by atoms with Crippen molar-refractivity contribution in [1.82, 2.24) is 4.98 Å². The second kappa shape index (κ2) is 4.14. The number of nitrogens with zero attached hydrogens (tertiary/aromatic N) is 1. The zero-order valence-corrected chi connectivity index (χ0v) is 8.62. The lowest BCUT2D eigenvalue weighted by molar-refractivity contribution is 0.147. The van der Waals surface area contributed by atoms with E-state index >= 15 is 0 Å². The average molecular weight is 300 g/mol. The Morgan fingerprint density at radius 3 is 2.69 bits per heavy atom. The van der Waals surface area contributed by atoms with E-state index in [1.165, 1.54) is 6.07 Å². The van der Waals surface area contributed by atoms with Crippen LogP contribution in [0.3, 0.4) is 0 Å². The van der Waals surface area contributed by atoms with Crippen LogP contribution in [-0.2, 0) is 6.61 Å². The fraction of sp³-hybridized carbons (Fsp3) is 0.286. The van der Waals surface area contributed by atoms with Gasteiger partial charge in [0.15, 0.2) is 0 Å². The van der Waals surface area contributed by atoms with E-state index in [0.717, 1.165) is 0 Å². The van der Waals surface area contributed by atoms with E-state index in [9.17, 15) is 8.78 Å². The van der Waals surface area contributed by atoms with Gasteiger partial charge in [0.1, 0.15) is 9.52 Å². The number of aliphatic hydroxyl groups is 1. The van der Waals surface area contributed by atoms with Gasteiger partial charge in [-0.1, -0.05) is 0 Å². The minimum Gasteiger partial charge on any atom is -0.392 e. The molecule has 1 heterocycles. The molecule has 3 nitrogen and oxygen atoms in total. The molecule has 0 fully saturated rings. The SMILES string of the molecule is Nc1nc(I)cc(C(F)F)c1CO. The maximum Gasteiger partial charge on any atom is 0.264 e. The first kappa shape index (κ1) is 10.6. The average Bonchev–Trinajstić information content (AvgIpc) is 2.02. The lowest BCUT2D eigenvalue weighted by atomic mass is 10.1. The molecular weight excluding hydrogens is 293 g/mol. The second-order valence-corrected chi connectivity index (χ2v) is 3.46. The van der Waals surface area contributed by atoms with Crippen molar-refractivity contribution in [2.45, 2.75) is 13.0 Å². The van der Waals surface area contributed by atoms with Crippen molar-refractivity contribution in [1.29, 1.82) is 0 Å². The Morgan fingerprint density at radius 2 is 2.23 bits per heavy atom. The van der Waals surface area contributed by atoms with Crippen molar-refractivity contribution in [3.05, 3.63) is 20.9 Å². The molecule has 3 N–H and O–H groups in total. The van der Waals surface area contributed by atoms with Crippen LogP contribution in [0.15, 0.2) is 6.07 Å². The summed E-state index contributed by atoms with van der Waals surface area (Å²) in [4.78, 5) is 3.76. The van der Waals surface area contributed by atoms with Gasteiger partial charge in [-0.3, -0.25) is 0 Å². The third-order valence-corrected chi connectivity index (χ3v) is 2.11. The van der Waals surface area contributed by atoms with Crippen LogP contribution in [0.4, 0.5) is 14.6 Å². The van der Waals surface area contributed by atoms with Crippen molar-refractivity contribution in [3.63, 3.8) is 0 Å². The van der Waals surface area contributed by atoms with Crippen LogP contribution in [0.25, 0.3) is 0 Å². The summed E-state index contributed by atoms with van der Waals surface area (Å²) in [6, 6.07) is 1.22. The molecule has 0 bridgehead atoms. The Balaban J connectivity index is 3.29. The Kier molecular flexibility index (Phi) is 3.37. The third kappa shape index (κ3) is 2.25. The molecule has 0 radical (unpaired) electrons. The summed E-state index contributed by atoms with van der Waals surface area (Å²) in [7, 11) is 0. The van der Waals surface area contributed by atoms with Crippen molar-refractivity contribution < 1.29 is 13.9 Å². The standard InChI is InChI=1S/C7H7F2IN2O/c8-6(9)3-1-5(10)12-7(11)4(3)2-13/h1,6,13H,2H2,(H2,11,12). The monoisotopic (exact) mass is 300 g/mol. The zero-order valence-electron chi connectivity index (χ0n) is 6.47. The van der Waals surface area contributed by atoms with Crippen LogP contribution in [0, 0.1) is 3.70 Å². The van der Waals surface area contributed by atoms with Crippen molar-refractivity contribution >= 4 is 28.4 Å². The summed E-state index contributed by atoms with van der Waals surface area (Å²) >= 11 is 1.79. The van der Waals surface area contributed by atoms with Gasteiger partial charge in [-0.25, -0.2) is 13.8 Å². The van der Waals surface area contributed by atoms with Crippen molar-refractivity contribution in [3.8, 4) is 0 Å². The van der Waals surface area contributed by atoms with Gasteiger partial charge in [0.05, 0.1) is 6.61 Å². The van der Waals surface area contributed by atoms with Crippen LogP contribution >= 0.6 is 22.6 Å². The van der Waals surface area contributed by atoms with Gasteiger partial charge >= 0.3 is 0 Å². The summed E-state index contributed by atoms with van der Waals surface area (Å²) in [6.45, 7) is -0.518. The molecule has 0 aromatic carbocycles. The van der Waals surface area contributed by atoms with Gasteiger partial charge in [0.2, 0.25) is 0 Å². The molecular formula is C7H7F2IN2O. The molecule has 72 valence electrons. The molecule has 0 saturated heterocycles. The normalized spacial score (nSPS) is 10.8. The smallest absolute Gasteiger partial charge is 0.264 e. The number of halogens is 3. The Morgan fingerprint density at radius 1 is 1.62 bits per heavy atom. The van der Waals surface area contributed by atoms with Crippen LogP contribution in [-0.4, -0.2) is 10.1 Å². The third-order valence-electron chi connectivity index (χ3n) is 1.55. The fourth-order valence-corrected chi connectivity index (χ4v) is 1.54. The Labute approximate surface area is 87.1 Å². The molecule has 1 aromatic rings. The minimum atomic E-state index is -2.64. The number of aromatic nitrogens is 1. The van der Waals surface area contributed by atoms with Gasteiger partial charge < -0.3 is 10.8 Å². The van der Waals surface area contributed by atoms with Gasteiger partial charge in [0, 0.05) is 11.1 Å². The number of alkyl halides is 2. The number of hydrogen-bond acceptors (Lipinski definition) is 3. The Bertz CT molecular complexity index is 320. The molecule has 0 aliphatic carbocycles. The predicted molar refractivity (Wildman–Crippen MR) is 52.2 cm³/mol. The van der Waals surface area contributed by atoms with Crippen LogP contribution < -0.4 is 5.73 Å². The van der Waals surface area contributed by atoms with Crippen LogP contribution in [0.2, 0.25) is 0 Å². The van der Waals surface area contributed by atoms with E-state index in [-0.39, 0.29) is 16.9 Å². The highest BCUT2D eigenvalue weighted by Crippen LogP contribution is 2.27. The van der Waals surface area contributed by atoms with E-state index in [1.54, 1.807) is 22.6 Å². The number of anilines is 1. The topological polar surface area (TPSA) is 59.1 Å². The number of pyridine rings is 1. The first-order chi connectivity index (χ1) is 6.06. The number of nitrogens with two attached hydrogens (primary N) is 1. The van der Waals surface area contributed by atoms with Gasteiger partial charge in [-0.15, -0.1) is 0 Å². The summed E-state index contributed by atoms with van der Waals surface area (Å²) in [5, 5.41) is 8.78. The molecule has 13 heavy (non-hydrogen) atoms. The number of aliphatic hydroxyl groups excluding tert-OH is 1. The highest BCUT2D eigenvalue weighted by atomic mass is 127. The summed E-state index contributed by atoms with van der Waals surface area (Å²) in [5.74, 6) is -0.0373.